The lowest BCUT2D eigenvalue weighted by atomic mass is 10.1. The molecule has 0 spiro atoms. The Balaban J connectivity index is 1.65. The molecule has 29 heavy (non-hydrogen) atoms. The Hall–Kier alpha value is -3.92. The Kier molecular flexibility index (Phi) is 6.38. The van der Waals surface area contributed by atoms with E-state index in [1.807, 2.05) is 24.3 Å². The molecule has 7 nitrogen and oxygen atoms in total. The van der Waals surface area contributed by atoms with Crippen LogP contribution < -0.4 is 15.4 Å². The number of aryl methyl sites for hydroxylation is 1. The second-order valence-corrected chi connectivity index (χ2v) is 6.39. The largest absolute Gasteiger partial charge is 0.497 e. The smallest absolute Gasteiger partial charge is 0.270 e. The van der Waals surface area contributed by atoms with Gasteiger partial charge in [0.05, 0.1) is 18.7 Å². The first-order chi connectivity index (χ1) is 14.1. The highest BCUT2D eigenvalue weighted by Gasteiger charge is 2.11. The molecule has 0 radical (unpaired) electrons. The molecule has 0 atom stereocenters. The molecule has 3 aromatic rings. The van der Waals surface area contributed by atoms with Crippen LogP contribution in [0.1, 0.15) is 27.3 Å². The third-order valence-electron chi connectivity index (χ3n) is 4.17. The molecule has 146 valence electrons. The van der Waals surface area contributed by atoms with Crippen molar-refractivity contribution in [3.05, 3.63) is 77.1 Å². The topological polar surface area (TPSA) is 99.9 Å². The lowest BCUT2D eigenvalue weighted by molar-refractivity contribution is 0.0949. The van der Waals surface area contributed by atoms with Gasteiger partial charge in [0.25, 0.3) is 5.91 Å². The molecule has 0 fully saturated rings. The number of hydrogen-bond donors (Lipinski definition) is 2. The van der Waals surface area contributed by atoms with E-state index in [0.717, 1.165) is 11.3 Å². The average Bonchev–Trinajstić information content (AvgIpc) is 2.73. The number of ether oxygens (including phenoxy) is 1. The molecule has 0 aliphatic heterocycles. The van der Waals surface area contributed by atoms with Crippen molar-refractivity contribution in [2.75, 3.05) is 19.0 Å². The Morgan fingerprint density at radius 3 is 2.76 bits per heavy atom. The molecular weight excluding hydrogens is 366 g/mol. The van der Waals surface area contributed by atoms with Crippen molar-refractivity contribution in [2.24, 2.45) is 0 Å². The lowest BCUT2D eigenvalue weighted by Crippen LogP contribution is -2.27. The molecule has 0 saturated heterocycles. The third kappa shape index (κ3) is 5.53. The zero-order chi connectivity index (χ0) is 20.6. The molecule has 2 aromatic carbocycles. The number of rotatable bonds is 7. The number of benzene rings is 2. The second-order valence-electron chi connectivity index (χ2n) is 6.39. The number of aromatic nitrogens is 2. The average molecular weight is 387 g/mol. The minimum absolute atomic E-state index is 0.271. The Morgan fingerprint density at radius 2 is 1.97 bits per heavy atom. The maximum Gasteiger partial charge on any atom is 0.270 e. The van der Waals surface area contributed by atoms with Gasteiger partial charge in [0, 0.05) is 17.9 Å². The zero-order valence-electron chi connectivity index (χ0n) is 16.3. The number of anilines is 2. The molecule has 3 rings (SSSR count). The van der Waals surface area contributed by atoms with Crippen LogP contribution in [0.2, 0.25) is 0 Å². The van der Waals surface area contributed by atoms with Gasteiger partial charge in [-0.05, 0) is 55.3 Å². The van der Waals surface area contributed by atoms with Crippen LogP contribution in [0.4, 0.5) is 11.6 Å². The fourth-order valence-corrected chi connectivity index (χ4v) is 2.78. The highest BCUT2D eigenvalue weighted by Crippen LogP contribution is 2.16. The van der Waals surface area contributed by atoms with Gasteiger partial charge in [-0.3, -0.25) is 4.79 Å². The Bertz CT molecular complexity index is 1060. The van der Waals surface area contributed by atoms with Gasteiger partial charge < -0.3 is 15.4 Å². The molecule has 1 aromatic heterocycles. The summed E-state index contributed by atoms with van der Waals surface area (Å²) in [6.45, 7) is 2.27. The predicted molar refractivity (Wildman–Crippen MR) is 110 cm³/mol. The second kappa shape index (κ2) is 9.33. The lowest BCUT2D eigenvalue weighted by Gasteiger charge is -2.09. The SMILES string of the molecule is COc1cccc(CCNC(=O)c2cc(C)nc(Nc3cccc(C#N)c3)n2)c1. The highest BCUT2D eigenvalue weighted by atomic mass is 16.5. The number of amides is 1. The van der Waals surface area contributed by atoms with E-state index in [-0.39, 0.29) is 11.6 Å². The molecule has 0 saturated carbocycles. The van der Waals surface area contributed by atoms with Gasteiger partial charge >= 0.3 is 0 Å². The van der Waals surface area contributed by atoms with Crippen molar-refractivity contribution in [3.8, 4) is 11.8 Å². The first-order valence-electron chi connectivity index (χ1n) is 9.11. The molecule has 0 aliphatic carbocycles. The van der Waals surface area contributed by atoms with E-state index in [1.54, 1.807) is 44.4 Å². The Morgan fingerprint density at radius 1 is 1.14 bits per heavy atom. The fraction of sp³-hybridized carbons (Fsp3) is 0.182. The van der Waals surface area contributed by atoms with Crippen molar-refractivity contribution >= 4 is 17.5 Å². The summed E-state index contributed by atoms with van der Waals surface area (Å²) < 4.78 is 5.21. The van der Waals surface area contributed by atoms with E-state index >= 15 is 0 Å². The molecule has 2 N–H and O–H groups in total. The third-order valence-corrected chi connectivity index (χ3v) is 4.17. The van der Waals surface area contributed by atoms with Gasteiger partial charge in [0.1, 0.15) is 11.4 Å². The van der Waals surface area contributed by atoms with Gasteiger partial charge in [-0.1, -0.05) is 18.2 Å². The van der Waals surface area contributed by atoms with Gasteiger partial charge in [-0.25, -0.2) is 9.97 Å². The first-order valence-corrected chi connectivity index (χ1v) is 9.11. The van der Waals surface area contributed by atoms with Crippen LogP contribution in [0.3, 0.4) is 0 Å². The molecule has 1 heterocycles. The monoisotopic (exact) mass is 387 g/mol. The molecular formula is C22H21N5O2. The predicted octanol–water partition coefficient (Wildman–Crippen LogP) is 3.38. The van der Waals surface area contributed by atoms with Crippen LogP contribution in [0.5, 0.6) is 5.75 Å². The maximum absolute atomic E-state index is 12.5. The fourth-order valence-electron chi connectivity index (χ4n) is 2.78. The molecule has 1 amide bonds. The van der Waals surface area contributed by atoms with Crippen molar-refractivity contribution in [1.29, 1.82) is 5.26 Å². The number of methoxy groups -OCH3 is 1. The highest BCUT2D eigenvalue weighted by molar-refractivity contribution is 5.92. The normalized spacial score (nSPS) is 10.1. The van der Waals surface area contributed by atoms with E-state index in [0.29, 0.717) is 35.9 Å². The van der Waals surface area contributed by atoms with Crippen molar-refractivity contribution < 1.29 is 9.53 Å². The number of nitrogens with zero attached hydrogens (tertiary/aromatic N) is 3. The van der Waals surface area contributed by atoms with Crippen LogP contribution in [0, 0.1) is 18.3 Å². The molecule has 7 heteroatoms. The number of carbonyl (C=O) groups is 1. The van der Waals surface area contributed by atoms with Crippen LogP contribution in [-0.2, 0) is 6.42 Å². The zero-order valence-corrected chi connectivity index (χ0v) is 16.3. The standard InChI is InChI=1S/C22H21N5O2/c1-15-11-20(21(28)24-10-9-16-5-4-8-19(13-16)29-2)27-22(25-15)26-18-7-3-6-17(12-18)14-23/h3-8,11-13H,9-10H2,1-2H3,(H,24,28)(H,25,26,27). The quantitative estimate of drug-likeness (QED) is 0.645. The minimum atomic E-state index is -0.271. The van der Waals surface area contributed by atoms with Crippen molar-refractivity contribution in [2.45, 2.75) is 13.3 Å². The van der Waals surface area contributed by atoms with Crippen LogP contribution in [-0.4, -0.2) is 29.5 Å². The van der Waals surface area contributed by atoms with Gasteiger partial charge in [-0.2, -0.15) is 5.26 Å². The van der Waals surface area contributed by atoms with Crippen LogP contribution in [0.15, 0.2) is 54.6 Å². The van der Waals surface area contributed by atoms with Crippen molar-refractivity contribution in [3.63, 3.8) is 0 Å². The van der Waals surface area contributed by atoms with E-state index in [4.69, 9.17) is 10.00 Å². The van der Waals surface area contributed by atoms with E-state index in [2.05, 4.69) is 26.7 Å². The minimum Gasteiger partial charge on any atom is -0.497 e. The maximum atomic E-state index is 12.5. The molecule has 0 unspecified atom stereocenters. The van der Waals surface area contributed by atoms with Crippen LogP contribution >= 0.6 is 0 Å². The summed E-state index contributed by atoms with van der Waals surface area (Å²) in [5.74, 6) is 0.821. The van der Waals surface area contributed by atoms with Crippen molar-refractivity contribution in [1.82, 2.24) is 15.3 Å². The number of nitrogens with one attached hydrogen (secondary N) is 2. The summed E-state index contributed by atoms with van der Waals surface area (Å²) in [5, 5.41) is 14.9. The van der Waals surface area contributed by atoms with E-state index < -0.39 is 0 Å². The van der Waals surface area contributed by atoms with Gasteiger partial charge in [-0.15, -0.1) is 0 Å². The Labute approximate surface area is 169 Å². The van der Waals surface area contributed by atoms with Gasteiger partial charge in [0.15, 0.2) is 0 Å². The summed E-state index contributed by atoms with van der Waals surface area (Å²) in [5.41, 5.74) is 3.22. The summed E-state index contributed by atoms with van der Waals surface area (Å²) in [7, 11) is 1.63. The number of hydrogen-bond acceptors (Lipinski definition) is 6. The summed E-state index contributed by atoms with van der Waals surface area (Å²) >= 11 is 0. The number of nitriles is 1. The summed E-state index contributed by atoms with van der Waals surface area (Å²) in [6, 6.07) is 18.4. The number of carbonyl (C=O) groups excluding carboxylic acids is 1. The molecule has 0 aliphatic rings. The van der Waals surface area contributed by atoms with Crippen LogP contribution in [0.25, 0.3) is 0 Å². The van der Waals surface area contributed by atoms with E-state index in [9.17, 15) is 4.79 Å². The molecule has 0 bridgehead atoms. The summed E-state index contributed by atoms with van der Waals surface area (Å²) in [4.78, 5) is 21.1. The van der Waals surface area contributed by atoms with E-state index in [1.165, 1.54) is 0 Å². The first kappa shape index (κ1) is 19.8. The van der Waals surface area contributed by atoms with Gasteiger partial charge in [0.2, 0.25) is 5.95 Å². The summed E-state index contributed by atoms with van der Waals surface area (Å²) in [6.07, 6.45) is 0.680.